The smallest absolute Gasteiger partial charge is 0.207 e. The average molecular weight is 338 g/mol. The molecular weight excluding hydrogens is 320 g/mol. The summed E-state index contributed by atoms with van der Waals surface area (Å²) >= 11 is 5.50. The van der Waals surface area contributed by atoms with Crippen LogP contribution < -0.4 is 0 Å². The average Bonchev–Trinajstić information content (AvgIpc) is 2.64. The van der Waals surface area contributed by atoms with Crippen LogP contribution >= 0.6 is 11.6 Å². The number of benzene rings is 1. The predicted molar refractivity (Wildman–Crippen MR) is 77.7 cm³/mol. The summed E-state index contributed by atoms with van der Waals surface area (Å²) in [4.78, 5) is -0.492. The molecule has 21 heavy (non-hydrogen) atoms. The molecule has 118 valence electrons. The number of sulfonamides is 1. The van der Waals surface area contributed by atoms with Gasteiger partial charge in [-0.15, -0.1) is 11.6 Å². The molecule has 1 fully saturated rings. The van der Waals surface area contributed by atoms with E-state index < -0.39 is 38.0 Å². The SMILES string of the molecule is CC1CCCN(S(=O)(=O)c2ccc(F)c(CCl)c2F)CC1. The van der Waals surface area contributed by atoms with Crippen LogP contribution in [0.25, 0.3) is 0 Å². The zero-order chi connectivity index (χ0) is 15.6. The van der Waals surface area contributed by atoms with E-state index in [4.69, 9.17) is 11.6 Å². The molecule has 1 aliphatic rings. The summed E-state index contributed by atoms with van der Waals surface area (Å²) < 4.78 is 54.1. The highest BCUT2D eigenvalue weighted by atomic mass is 35.5. The summed E-state index contributed by atoms with van der Waals surface area (Å²) in [7, 11) is -3.96. The molecule has 0 radical (unpaired) electrons. The molecule has 1 aromatic rings. The molecule has 1 unspecified atom stereocenters. The van der Waals surface area contributed by atoms with E-state index in [1.165, 1.54) is 4.31 Å². The van der Waals surface area contributed by atoms with Crippen molar-refractivity contribution in [3.63, 3.8) is 0 Å². The first kappa shape index (κ1) is 16.6. The maximum atomic E-state index is 14.2. The van der Waals surface area contributed by atoms with E-state index in [-0.39, 0.29) is 0 Å². The summed E-state index contributed by atoms with van der Waals surface area (Å²) in [5.41, 5.74) is -0.402. The second-order valence-electron chi connectivity index (χ2n) is 5.41. The van der Waals surface area contributed by atoms with Gasteiger partial charge in [0.2, 0.25) is 10.0 Å². The van der Waals surface area contributed by atoms with Crippen molar-refractivity contribution in [3.05, 3.63) is 29.3 Å². The minimum absolute atomic E-state index is 0.358. The van der Waals surface area contributed by atoms with E-state index in [0.717, 1.165) is 31.4 Å². The predicted octanol–water partition coefficient (Wildman–Crippen LogP) is 3.51. The largest absolute Gasteiger partial charge is 0.245 e. The van der Waals surface area contributed by atoms with Crippen LogP contribution in [0.1, 0.15) is 31.7 Å². The van der Waals surface area contributed by atoms with E-state index in [1.54, 1.807) is 0 Å². The highest BCUT2D eigenvalue weighted by molar-refractivity contribution is 7.89. The molecule has 1 aromatic carbocycles. The van der Waals surface area contributed by atoms with Crippen LogP contribution in [0.4, 0.5) is 8.78 Å². The number of nitrogens with zero attached hydrogens (tertiary/aromatic N) is 1. The molecule has 0 saturated carbocycles. The first-order valence-electron chi connectivity index (χ1n) is 6.91. The fourth-order valence-electron chi connectivity index (χ4n) is 2.51. The lowest BCUT2D eigenvalue weighted by atomic mass is 10.0. The zero-order valence-electron chi connectivity index (χ0n) is 11.8. The van der Waals surface area contributed by atoms with E-state index in [1.807, 2.05) is 0 Å². The third-order valence-corrected chi connectivity index (χ3v) is 6.06. The van der Waals surface area contributed by atoms with E-state index in [9.17, 15) is 17.2 Å². The van der Waals surface area contributed by atoms with Crippen LogP contribution in [-0.2, 0) is 15.9 Å². The Kier molecular flexibility index (Phi) is 5.22. The maximum absolute atomic E-state index is 14.2. The normalized spacial score (nSPS) is 21.2. The summed E-state index contributed by atoms with van der Waals surface area (Å²) in [5.74, 6) is -1.87. The van der Waals surface area contributed by atoms with Gasteiger partial charge in [-0.3, -0.25) is 0 Å². The molecular formula is C14H18ClF2NO2S. The van der Waals surface area contributed by atoms with Gasteiger partial charge in [0.05, 0.1) is 5.88 Å². The van der Waals surface area contributed by atoms with Gasteiger partial charge >= 0.3 is 0 Å². The van der Waals surface area contributed by atoms with E-state index in [2.05, 4.69) is 6.92 Å². The Morgan fingerprint density at radius 2 is 2.00 bits per heavy atom. The molecule has 0 aliphatic carbocycles. The molecule has 7 heteroatoms. The molecule has 1 saturated heterocycles. The van der Waals surface area contributed by atoms with Gasteiger partial charge in [-0.25, -0.2) is 17.2 Å². The molecule has 0 bridgehead atoms. The van der Waals surface area contributed by atoms with Gasteiger partial charge in [0, 0.05) is 18.7 Å². The van der Waals surface area contributed by atoms with Crippen LogP contribution in [0.15, 0.2) is 17.0 Å². The van der Waals surface area contributed by atoms with Crippen LogP contribution in [0.2, 0.25) is 0 Å². The Labute approximate surface area is 129 Å². The Balaban J connectivity index is 2.40. The Hall–Kier alpha value is -0.720. The fourth-order valence-corrected chi connectivity index (χ4v) is 4.34. The molecule has 2 rings (SSSR count). The molecule has 0 amide bonds. The van der Waals surface area contributed by atoms with Gasteiger partial charge in [-0.05, 0) is 37.3 Å². The van der Waals surface area contributed by atoms with Crippen molar-refractivity contribution >= 4 is 21.6 Å². The first-order chi connectivity index (χ1) is 9.87. The van der Waals surface area contributed by atoms with Crippen molar-refractivity contribution in [1.29, 1.82) is 0 Å². The lowest BCUT2D eigenvalue weighted by Gasteiger charge is -2.21. The highest BCUT2D eigenvalue weighted by Gasteiger charge is 2.30. The molecule has 1 heterocycles. The minimum atomic E-state index is -3.96. The number of halogens is 3. The second kappa shape index (κ2) is 6.58. The Morgan fingerprint density at radius 1 is 1.29 bits per heavy atom. The maximum Gasteiger partial charge on any atom is 0.245 e. The molecule has 1 aliphatic heterocycles. The van der Waals surface area contributed by atoms with Gasteiger partial charge in [-0.2, -0.15) is 4.31 Å². The van der Waals surface area contributed by atoms with E-state index in [0.29, 0.717) is 19.0 Å². The first-order valence-corrected chi connectivity index (χ1v) is 8.88. The summed E-state index contributed by atoms with van der Waals surface area (Å²) in [6.07, 6.45) is 2.43. The third kappa shape index (κ3) is 3.38. The zero-order valence-corrected chi connectivity index (χ0v) is 13.4. The summed E-state index contributed by atoms with van der Waals surface area (Å²) in [5, 5.41) is 0. The van der Waals surface area contributed by atoms with Gasteiger partial charge in [-0.1, -0.05) is 6.92 Å². The Morgan fingerprint density at radius 3 is 2.67 bits per heavy atom. The van der Waals surface area contributed by atoms with Gasteiger partial charge in [0.15, 0.2) is 5.82 Å². The number of alkyl halides is 1. The Bertz CT molecular complexity index is 622. The van der Waals surface area contributed by atoms with Crippen LogP contribution in [0.5, 0.6) is 0 Å². The van der Waals surface area contributed by atoms with Gasteiger partial charge in [0.1, 0.15) is 10.7 Å². The molecule has 0 N–H and O–H groups in total. The quantitative estimate of drug-likeness (QED) is 0.791. The second-order valence-corrected chi connectivity index (χ2v) is 7.59. The van der Waals surface area contributed by atoms with Crippen LogP contribution in [0, 0.1) is 17.6 Å². The number of rotatable bonds is 3. The topological polar surface area (TPSA) is 37.4 Å². The summed E-state index contributed by atoms with van der Waals surface area (Å²) in [6.45, 7) is 2.79. The van der Waals surface area contributed by atoms with Crippen molar-refractivity contribution < 1.29 is 17.2 Å². The fraction of sp³-hybridized carbons (Fsp3) is 0.571. The number of hydrogen-bond acceptors (Lipinski definition) is 2. The van der Waals surface area contributed by atoms with Crippen molar-refractivity contribution in [2.24, 2.45) is 5.92 Å². The van der Waals surface area contributed by atoms with Crippen molar-refractivity contribution in [2.45, 2.75) is 37.0 Å². The molecule has 3 nitrogen and oxygen atoms in total. The van der Waals surface area contributed by atoms with Crippen LogP contribution in [-0.4, -0.2) is 25.8 Å². The number of hydrogen-bond donors (Lipinski definition) is 0. The van der Waals surface area contributed by atoms with Crippen molar-refractivity contribution in [3.8, 4) is 0 Å². The van der Waals surface area contributed by atoms with E-state index >= 15 is 0 Å². The third-order valence-electron chi connectivity index (χ3n) is 3.88. The molecule has 0 spiro atoms. The van der Waals surface area contributed by atoms with Crippen molar-refractivity contribution in [2.75, 3.05) is 13.1 Å². The van der Waals surface area contributed by atoms with Gasteiger partial charge < -0.3 is 0 Å². The molecule has 1 atom stereocenters. The van der Waals surface area contributed by atoms with Crippen molar-refractivity contribution in [1.82, 2.24) is 4.31 Å². The van der Waals surface area contributed by atoms with Gasteiger partial charge in [0.25, 0.3) is 0 Å². The lowest BCUT2D eigenvalue weighted by molar-refractivity contribution is 0.412. The summed E-state index contributed by atoms with van der Waals surface area (Å²) in [6, 6.07) is 1.93. The highest BCUT2D eigenvalue weighted by Crippen LogP contribution is 2.27. The molecule has 0 aromatic heterocycles. The lowest BCUT2D eigenvalue weighted by Crippen LogP contribution is -2.33. The minimum Gasteiger partial charge on any atom is -0.207 e. The van der Waals surface area contributed by atoms with Crippen LogP contribution in [0.3, 0.4) is 0 Å². The monoisotopic (exact) mass is 337 g/mol. The standard InChI is InChI=1S/C14H18ClF2NO2S/c1-10-3-2-7-18(8-6-10)21(19,20)13-5-4-12(16)11(9-15)14(13)17/h4-5,10H,2-3,6-9H2,1H3.